The van der Waals surface area contributed by atoms with E-state index in [1.807, 2.05) is 6.07 Å². The van der Waals surface area contributed by atoms with Crippen LogP contribution < -0.4 is 16.0 Å². The highest BCUT2D eigenvalue weighted by atomic mass is 32.1. The summed E-state index contributed by atoms with van der Waals surface area (Å²) in [5.74, 6) is -1.43. The second kappa shape index (κ2) is 12.7. The van der Waals surface area contributed by atoms with Crippen LogP contribution >= 0.6 is 11.3 Å². The van der Waals surface area contributed by atoms with E-state index in [-0.39, 0.29) is 31.8 Å². The fourth-order valence-electron chi connectivity index (χ4n) is 2.78. The Morgan fingerprint density at radius 2 is 1.79 bits per heavy atom. The third-order valence-electron chi connectivity index (χ3n) is 4.19. The molecule has 0 spiro atoms. The van der Waals surface area contributed by atoms with E-state index < -0.39 is 35.5 Å². The minimum atomic E-state index is -0.617. The molecule has 2 aromatic rings. The first-order chi connectivity index (χ1) is 16.1. The Hall–Kier alpha value is -3.47. The summed E-state index contributed by atoms with van der Waals surface area (Å²) in [5, 5.41) is 9.88. The van der Waals surface area contributed by atoms with Crippen molar-refractivity contribution < 1.29 is 28.7 Å². The first-order valence-corrected chi connectivity index (χ1v) is 11.6. The molecule has 0 aliphatic rings. The van der Waals surface area contributed by atoms with Crippen molar-refractivity contribution in [1.29, 1.82) is 0 Å². The molecule has 1 heterocycles. The smallest absolute Gasteiger partial charge is 0.408 e. The number of ether oxygens (including phenoxy) is 2. The molecule has 0 bridgehead atoms. The molecule has 0 radical (unpaired) electrons. The average molecular weight is 491 g/mol. The summed E-state index contributed by atoms with van der Waals surface area (Å²) in [4.78, 5) is 52.7. The van der Waals surface area contributed by atoms with Crippen molar-refractivity contribution in [2.24, 2.45) is 0 Å². The minimum absolute atomic E-state index is 0.0301. The van der Waals surface area contributed by atoms with Gasteiger partial charge >= 0.3 is 12.1 Å². The van der Waals surface area contributed by atoms with E-state index in [1.54, 1.807) is 52.0 Å². The lowest BCUT2D eigenvalue weighted by atomic mass is 10.0. The van der Waals surface area contributed by atoms with Gasteiger partial charge < -0.3 is 25.4 Å². The molecule has 184 valence electrons. The number of aromatic nitrogens is 1. The van der Waals surface area contributed by atoms with Crippen LogP contribution in [0.5, 0.6) is 0 Å². The summed E-state index contributed by atoms with van der Waals surface area (Å²) in [6, 6.07) is 8.44. The highest BCUT2D eigenvalue weighted by Gasteiger charge is 2.20. The Bertz CT molecular complexity index is 987. The summed E-state index contributed by atoms with van der Waals surface area (Å²) in [7, 11) is 0. The van der Waals surface area contributed by atoms with E-state index in [0.717, 1.165) is 5.56 Å². The summed E-state index contributed by atoms with van der Waals surface area (Å²) in [5.41, 5.74) is 0.260. The van der Waals surface area contributed by atoms with Crippen LogP contribution in [0.15, 0.2) is 35.7 Å². The van der Waals surface area contributed by atoms with Crippen LogP contribution in [0.25, 0.3) is 0 Å². The maximum absolute atomic E-state index is 12.4. The van der Waals surface area contributed by atoms with Gasteiger partial charge in [0.25, 0.3) is 5.91 Å². The number of alkyl carbamates (subject to hydrolysis) is 1. The number of esters is 1. The average Bonchev–Trinajstić information content (AvgIpc) is 3.24. The quantitative estimate of drug-likeness (QED) is 0.436. The van der Waals surface area contributed by atoms with Gasteiger partial charge in [-0.3, -0.25) is 14.4 Å². The third kappa shape index (κ3) is 9.57. The Balaban J connectivity index is 1.87. The maximum atomic E-state index is 12.4. The van der Waals surface area contributed by atoms with E-state index in [4.69, 9.17) is 9.47 Å². The van der Waals surface area contributed by atoms with Gasteiger partial charge in [0, 0.05) is 5.38 Å². The molecule has 0 aliphatic heterocycles. The van der Waals surface area contributed by atoms with Crippen LogP contribution in [0.3, 0.4) is 0 Å². The fraction of sp³-hybridized carbons (Fsp3) is 0.435. The van der Waals surface area contributed by atoms with E-state index in [1.165, 1.54) is 16.7 Å². The number of hydrogen-bond donors (Lipinski definition) is 3. The van der Waals surface area contributed by atoms with Crippen molar-refractivity contribution in [2.45, 2.75) is 52.3 Å². The van der Waals surface area contributed by atoms with Gasteiger partial charge in [0.1, 0.15) is 16.3 Å². The zero-order valence-corrected chi connectivity index (χ0v) is 20.5. The molecule has 0 fully saturated rings. The fourth-order valence-corrected chi connectivity index (χ4v) is 3.49. The lowest BCUT2D eigenvalue weighted by Gasteiger charge is -2.19. The second-order valence-corrected chi connectivity index (χ2v) is 9.15. The van der Waals surface area contributed by atoms with Crippen molar-refractivity contribution in [3.8, 4) is 0 Å². The number of thiazole rings is 1. The molecule has 10 nitrogen and oxygen atoms in total. The number of rotatable bonds is 10. The van der Waals surface area contributed by atoms with Gasteiger partial charge in [0.05, 0.1) is 32.2 Å². The number of nitrogens with zero attached hydrogens (tertiary/aromatic N) is 1. The Labute approximate surface area is 202 Å². The lowest BCUT2D eigenvalue weighted by molar-refractivity contribution is -0.143. The van der Waals surface area contributed by atoms with Crippen molar-refractivity contribution in [1.82, 2.24) is 20.9 Å². The van der Waals surface area contributed by atoms with Crippen LogP contribution in [0.4, 0.5) is 4.79 Å². The Morgan fingerprint density at radius 1 is 1.09 bits per heavy atom. The van der Waals surface area contributed by atoms with Crippen molar-refractivity contribution >= 4 is 35.2 Å². The first kappa shape index (κ1) is 26.8. The summed E-state index contributed by atoms with van der Waals surface area (Å²) in [6.45, 7) is 7.04. The first-order valence-electron chi connectivity index (χ1n) is 10.8. The largest absolute Gasteiger partial charge is 0.466 e. The highest BCUT2D eigenvalue weighted by Crippen LogP contribution is 2.17. The molecule has 0 saturated heterocycles. The number of benzene rings is 1. The third-order valence-corrected chi connectivity index (χ3v) is 5.04. The van der Waals surface area contributed by atoms with Crippen LogP contribution in [-0.4, -0.2) is 47.6 Å². The van der Waals surface area contributed by atoms with Crippen molar-refractivity contribution in [3.63, 3.8) is 0 Å². The van der Waals surface area contributed by atoms with Gasteiger partial charge in [-0.25, -0.2) is 9.78 Å². The number of nitrogens with one attached hydrogen (secondary N) is 3. The van der Waals surface area contributed by atoms with E-state index in [0.29, 0.717) is 5.01 Å². The van der Waals surface area contributed by atoms with Gasteiger partial charge in [0.15, 0.2) is 0 Å². The molecule has 3 amide bonds. The molecule has 34 heavy (non-hydrogen) atoms. The van der Waals surface area contributed by atoms with Gasteiger partial charge in [-0.1, -0.05) is 30.3 Å². The normalized spacial score (nSPS) is 11.8. The standard InChI is InChI=1S/C23H30N4O6S/c1-5-32-20(29)11-16(15-9-7-6-8-10-15)26-18(28)12-24-21(30)17-14-34-19(27-17)13-25-22(31)33-23(2,3)4/h6-10,14,16H,5,11-13H2,1-4H3,(H,24,30)(H,25,31)(H,26,28). The molecule has 1 aromatic carbocycles. The monoisotopic (exact) mass is 490 g/mol. The van der Waals surface area contributed by atoms with Crippen LogP contribution in [0, 0.1) is 0 Å². The molecular formula is C23H30N4O6S. The zero-order valence-electron chi connectivity index (χ0n) is 19.7. The Kier molecular flexibility index (Phi) is 9.99. The van der Waals surface area contributed by atoms with Gasteiger partial charge in [-0.15, -0.1) is 11.3 Å². The minimum Gasteiger partial charge on any atom is -0.466 e. The molecule has 1 aromatic heterocycles. The van der Waals surface area contributed by atoms with Crippen molar-refractivity contribution in [2.75, 3.05) is 13.2 Å². The molecule has 2 rings (SSSR count). The second-order valence-electron chi connectivity index (χ2n) is 8.20. The predicted molar refractivity (Wildman–Crippen MR) is 126 cm³/mol. The highest BCUT2D eigenvalue weighted by molar-refractivity contribution is 7.09. The molecule has 1 atom stereocenters. The van der Waals surface area contributed by atoms with Crippen LogP contribution in [0.2, 0.25) is 0 Å². The zero-order chi connectivity index (χ0) is 25.1. The van der Waals surface area contributed by atoms with Crippen molar-refractivity contribution in [3.05, 3.63) is 52.0 Å². The van der Waals surface area contributed by atoms with Gasteiger partial charge in [-0.05, 0) is 33.3 Å². The van der Waals surface area contributed by atoms with Gasteiger partial charge in [-0.2, -0.15) is 0 Å². The molecule has 0 saturated carbocycles. The molecule has 11 heteroatoms. The number of carbonyl (C=O) groups excluding carboxylic acids is 4. The summed E-state index contributed by atoms with van der Waals surface area (Å²) in [6.07, 6.45) is -0.612. The molecule has 0 aliphatic carbocycles. The number of carbonyl (C=O) groups is 4. The predicted octanol–water partition coefficient (Wildman–Crippen LogP) is 2.71. The SMILES string of the molecule is CCOC(=O)CC(NC(=O)CNC(=O)c1csc(CNC(=O)OC(C)(C)C)n1)c1ccccc1. The molecule has 3 N–H and O–H groups in total. The Morgan fingerprint density at radius 3 is 2.44 bits per heavy atom. The van der Waals surface area contributed by atoms with Gasteiger partial charge in [0.2, 0.25) is 5.91 Å². The summed E-state index contributed by atoms with van der Waals surface area (Å²) >= 11 is 1.20. The number of hydrogen-bond acceptors (Lipinski definition) is 8. The van der Waals surface area contributed by atoms with E-state index in [2.05, 4.69) is 20.9 Å². The summed E-state index contributed by atoms with van der Waals surface area (Å²) < 4.78 is 10.1. The topological polar surface area (TPSA) is 136 Å². The van der Waals surface area contributed by atoms with Crippen LogP contribution in [-0.2, 0) is 25.6 Å². The van der Waals surface area contributed by atoms with E-state index >= 15 is 0 Å². The molecular weight excluding hydrogens is 460 g/mol. The molecule has 1 unspecified atom stereocenters. The maximum Gasteiger partial charge on any atom is 0.408 e. The van der Waals surface area contributed by atoms with Crippen LogP contribution in [0.1, 0.15) is 61.2 Å². The lowest BCUT2D eigenvalue weighted by Crippen LogP contribution is -2.39. The number of amides is 3. The van der Waals surface area contributed by atoms with E-state index in [9.17, 15) is 19.2 Å².